The Hall–Kier alpha value is 0.793. The molecule has 0 heterocycles. The van der Waals surface area contributed by atoms with E-state index in [1.807, 2.05) is 0 Å². The molecule has 0 unspecified atom stereocenters. The zero-order chi connectivity index (χ0) is 6.41. The molecule has 0 aliphatic heterocycles. The maximum atomic E-state index is 9.73. The number of alkyl halides is 2. The number of carbonyl (C=O) groups excluding carboxylic acids is 1. The van der Waals surface area contributed by atoms with Gasteiger partial charge < -0.3 is 0 Å². The Bertz CT molecular complexity index is 67.1. The van der Waals surface area contributed by atoms with Gasteiger partial charge in [-0.3, -0.25) is 0 Å². The van der Waals surface area contributed by atoms with E-state index in [1.165, 1.54) is 0 Å². The molecule has 0 aromatic rings. The fourth-order valence-corrected chi connectivity index (χ4v) is 3.45. The Labute approximate surface area is 65.2 Å². The molecule has 0 aliphatic rings. The van der Waals surface area contributed by atoms with Gasteiger partial charge in [0, 0.05) is 0 Å². The van der Waals surface area contributed by atoms with E-state index in [4.69, 9.17) is 23.2 Å². The molecule has 0 rings (SSSR count). The van der Waals surface area contributed by atoms with Gasteiger partial charge in [-0.05, 0) is 0 Å². The molecule has 0 saturated heterocycles. The van der Waals surface area contributed by atoms with Gasteiger partial charge in [0.2, 0.25) is 0 Å². The Kier molecular flexibility index (Phi) is 6.51. The summed E-state index contributed by atoms with van der Waals surface area (Å²) in [6, 6.07) is 0. The molecule has 0 bridgehead atoms. The van der Waals surface area contributed by atoms with Crippen LogP contribution < -0.4 is 0 Å². The third-order valence-corrected chi connectivity index (χ3v) is 5.64. The molecule has 0 aliphatic carbocycles. The summed E-state index contributed by atoms with van der Waals surface area (Å²) >= 11 is 10.2. The zero-order valence-corrected chi connectivity index (χ0v) is 8.92. The molecule has 1 nitrogen and oxygen atoms in total. The summed E-state index contributed by atoms with van der Waals surface area (Å²) in [5.41, 5.74) is 0. The average molecular weight is 216 g/mol. The Morgan fingerprint density at radius 1 is 1.62 bits per heavy atom. The average Bonchev–Trinajstić information content (AvgIpc) is 1.66. The topological polar surface area (TPSA) is 17.1 Å². The molecule has 0 fully saturated rings. The zero-order valence-electron chi connectivity index (χ0n) is 4.44. The van der Waals surface area contributed by atoms with Gasteiger partial charge in [-0.1, -0.05) is 0 Å². The van der Waals surface area contributed by atoms with Crippen molar-refractivity contribution in [3.63, 3.8) is 0 Å². The molecule has 48 valence electrons. The minimum absolute atomic E-state index is 0.123. The second-order valence-electron chi connectivity index (χ2n) is 1.49. The SMILES string of the molecule is O=CC[CH2][GeH2][CH](Cl)Cl. The molecular weight excluding hydrogens is 208 g/mol. The van der Waals surface area contributed by atoms with Crippen molar-refractivity contribution in [3.8, 4) is 0 Å². The molecule has 0 radical (unpaired) electrons. The van der Waals surface area contributed by atoms with Crippen LogP contribution in [0, 0.1) is 0 Å². The van der Waals surface area contributed by atoms with Crippen LogP contribution in [0.5, 0.6) is 0 Å². The van der Waals surface area contributed by atoms with Crippen LogP contribution >= 0.6 is 23.2 Å². The van der Waals surface area contributed by atoms with Crippen LogP contribution in [0.4, 0.5) is 0 Å². The van der Waals surface area contributed by atoms with Gasteiger partial charge in [-0.15, -0.1) is 0 Å². The first-order chi connectivity index (χ1) is 3.77. The van der Waals surface area contributed by atoms with Crippen molar-refractivity contribution in [1.82, 2.24) is 0 Å². The Morgan fingerprint density at radius 2 is 2.25 bits per heavy atom. The van der Waals surface area contributed by atoms with Gasteiger partial charge in [-0.2, -0.15) is 0 Å². The molecule has 8 heavy (non-hydrogen) atoms. The number of hydrogen-bond acceptors (Lipinski definition) is 1. The third-order valence-electron chi connectivity index (χ3n) is 0.744. The summed E-state index contributed by atoms with van der Waals surface area (Å²) in [6.07, 6.45) is 1.57. The first-order valence-corrected chi connectivity index (χ1v) is 7.17. The molecule has 0 spiro atoms. The second-order valence-corrected chi connectivity index (χ2v) is 9.35. The summed E-state index contributed by atoms with van der Waals surface area (Å²) in [5.74, 6) is 0. The van der Waals surface area contributed by atoms with Crippen LogP contribution in [0.1, 0.15) is 6.42 Å². The van der Waals surface area contributed by atoms with Crippen LogP contribution in [-0.2, 0) is 4.79 Å². The van der Waals surface area contributed by atoms with Crippen LogP contribution in [0.3, 0.4) is 0 Å². The van der Waals surface area contributed by atoms with Crippen molar-refractivity contribution >= 4 is 44.9 Å². The predicted molar refractivity (Wildman–Crippen MR) is 39.5 cm³/mol. The monoisotopic (exact) mass is 216 g/mol. The first kappa shape index (κ1) is 8.79. The van der Waals surface area contributed by atoms with Crippen molar-refractivity contribution in [2.45, 2.75) is 15.3 Å². The molecular formula is C4H8Cl2GeO. The Balaban J connectivity index is 2.81. The van der Waals surface area contributed by atoms with Crippen molar-refractivity contribution in [1.29, 1.82) is 0 Å². The first-order valence-electron chi connectivity index (χ1n) is 2.49. The van der Waals surface area contributed by atoms with Gasteiger partial charge in [0.15, 0.2) is 0 Å². The number of hydrogen-bond donors (Lipinski definition) is 0. The van der Waals surface area contributed by atoms with Gasteiger partial charge in [-0.25, -0.2) is 0 Å². The van der Waals surface area contributed by atoms with Crippen LogP contribution in [0.25, 0.3) is 0 Å². The molecule has 0 N–H and O–H groups in total. The van der Waals surface area contributed by atoms with Crippen molar-refractivity contribution in [3.05, 3.63) is 0 Å². The minimum atomic E-state index is -0.742. The van der Waals surface area contributed by atoms with Crippen molar-refractivity contribution < 1.29 is 4.79 Å². The summed E-state index contributed by atoms with van der Waals surface area (Å²) < 4.78 is -0.123. The van der Waals surface area contributed by atoms with Crippen LogP contribution in [0.15, 0.2) is 0 Å². The normalized spacial score (nSPS) is 11.4. The van der Waals surface area contributed by atoms with Gasteiger partial charge in [0.1, 0.15) is 0 Å². The van der Waals surface area contributed by atoms with E-state index in [0.717, 1.165) is 11.5 Å². The van der Waals surface area contributed by atoms with E-state index in [2.05, 4.69) is 0 Å². The molecule has 0 aromatic carbocycles. The van der Waals surface area contributed by atoms with E-state index < -0.39 is 15.4 Å². The van der Waals surface area contributed by atoms with E-state index in [0.29, 0.717) is 6.42 Å². The number of halogens is 2. The van der Waals surface area contributed by atoms with E-state index in [9.17, 15) is 4.79 Å². The van der Waals surface area contributed by atoms with E-state index >= 15 is 0 Å². The third kappa shape index (κ3) is 6.79. The predicted octanol–water partition coefficient (Wildman–Crippen LogP) is 0.924. The standard InChI is InChI=1S/C4H8Cl2GeO/c5-4(6)7-2-1-3-8/h3-4H,1-2,7H2. The summed E-state index contributed by atoms with van der Waals surface area (Å²) in [7, 11) is 0. The summed E-state index contributed by atoms with van der Waals surface area (Å²) in [5, 5.41) is 0.980. The van der Waals surface area contributed by atoms with E-state index in [1.54, 1.807) is 0 Å². The number of carbonyl (C=O) groups is 1. The van der Waals surface area contributed by atoms with E-state index in [-0.39, 0.29) is 3.67 Å². The molecule has 0 atom stereocenters. The van der Waals surface area contributed by atoms with Crippen LogP contribution in [0.2, 0.25) is 5.25 Å². The fourth-order valence-electron chi connectivity index (χ4n) is 0.355. The molecule has 0 saturated carbocycles. The summed E-state index contributed by atoms with van der Waals surface area (Å²) in [4.78, 5) is 9.73. The van der Waals surface area contributed by atoms with Gasteiger partial charge >= 0.3 is 65.1 Å². The molecule has 0 aromatic heterocycles. The van der Waals surface area contributed by atoms with Crippen molar-refractivity contribution in [2.24, 2.45) is 0 Å². The fraction of sp³-hybridized carbons (Fsp3) is 0.750. The molecule has 4 heteroatoms. The van der Waals surface area contributed by atoms with Gasteiger partial charge in [0.25, 0.3) is 0 Å². The maximum absolute atomic E-state index is 9.73. The quantitative estimate of drug-likeness (QED) is 0.295. The van der Waals surface area contributed by atoms with Crippen LogP contribution in [-0.4, -0.2) is 25.4 Å². The second kappa shape index (κ2) is 5.92. The van der Waals surface area contributed by atoms with Crippen molar-refractivity contribution in [2.75, 3.05) is 0 Å². The molecule has 0 amide bonds. The Morgan fingerprint density at radius 3 is 2.62 bits per heavy atom. The van der Waals surface area contributed by atoms with Gasteiger partial charge in [0.05, 0.1) is 0 Å². The number of aldehydes is 1. The number of rotatable bonds is 4. The summed E-state index contributed by atoms with van der Waals surface area (Å²) in [6.45, 7) is 0.